The van der Waals surface area contributed by atoms with Crippen LogP contribution in [0.15, 0.2) is 0 Å². The molecule has 0 aliphatic heterocycles. The molecule has 0 N–H and O–H groups in total. The van der Waals surface area contributed by atoms with Crippen LogP contribution in [0.25, 0.3) is 0 Å². The van der Waals surface area contributed by atoms with E-state index in [4.69, 9.17) is 4.74 Å². The van der Waals surface area contributed by atoms with Gasteiger partial charge in [0.2, 0.25) is 0 Å². The third kappa shape index (κ3) is 33.2. The molecule has 0 aliphatic rings. The van der Waals surface area contributed by atoms with Gasteiger partial charge in [-0.05, 0) is 12.3 Å². The summed E-state index contributed by atoms with van der Waals surface area (Å²) in [6.07, 6.45) is 21.8. The van der Waals surface area contributed by atoms with E-state index in [0.717, 1.165) is 18.8 Å². The molecule has 0 heterocycles. The Morgan fingerprint density at radius 1 is 0.774 bits per heavy atom. The van der Waals surface area contributed by atoms with E-state index < -0.39 is 4.27 Å². The van der Waals surface area contributed by atoms with Crippen molar-refractivity contribution < 1.29 is 9.53 Å². The van der Waals surface area contributed by atoms with Gasteiger partial charge in [-0.15, -0.1) is 25.3 Å². The quantitative estimate of drug-likeness (QED) is 0.0493. The van der Waals surface area contributed by atoms with Crippen molar-refractivity contribution in [2.45, 2.75) is 150 Å². The number of hydrogen-bond acceptors (Lipinski definition) is 4. The molecule has 0 aromatic carbocycles. The fraction of sp³-hybridized carbons (Fsp3) is 0.962. The third-order valence-corrected chi connectivity index (χ3v) is 9.92. The van der Waals surface area contributed by atoms with Gasteiger partial charge >= 0.3 is 127 Å². The van der Waals surface area contributed by atoms with Crippen LogP contribution in [0, 0.1) is 5.92 Å². The van der Waals surface area contributed by atoms with E-state index in [-0.39, 0.29) is 27.1 Å². The first-order valence-electron chi connectivity index (χ1n) is 13.1. The van der Waals surface area contributed by atoms with Crippen molar-refractivity contribution >= 4 is 52.4 Å². The summed E-state index contributed by atoms with van der Waals surface area (Å²) >= 11 is 8.42. The van der Waals surface area contributed by atoms with E-state index in [1.807, 2.05) is 0 Å². The Balaban J connectivity index is 0. The number of carbonyl (C=O) groups excluding carboxylic acids is 1. The number of ether oxygens (including phenoxy) is 1. The molecule has 31 heavy (non-hydrogen) atoms. The van der Waals surface area contributed by atoms with Crippen LogP contribution in [-0.2, 0) is 9.53 Å². The molecular weight excluding hydrogens is 527 g/mol. The second-order valence-electron chi connectivity index (χ2n) is 9.26. The average Bonchev–Trinajstić information content (AvgIpc) is 2.68. The van der Waals surface area contributed by atoms with Gasteiger partial charge in [-0.2, -0.15) is 0 Å². The maximum absolute atomic E-state index is 10.7. The minimum atomic E-state index is -0.900. The number of thiol groups is 2. The number of carbonyl (C=O) groups is 1. The summed E-state index contributed by atoms with van der Waals surface area (Å²) in [5.41, 5.74) is 0. The van der Waals surface area contributed by atoms with E-state index >= 15 is 0 Å². The van der Waals surface area contributed by atoms with Crippen molar-refractivity contribution in [1.82, 2.24) is 0 Å². The number of esters is 1. The summed E-state index contributed by atoms with van der Waals surface area (Å²) in [4.78, 5) is 10.7. The first-order valence-corrected chi connectivity index (χ1v) is 18.0. The zero-order chi connectivity index (χ0) is 23.8. The first kappa shape index (κ1) is 34.1. The Kier molecular flexibility index (Phi) is 28.2. The van der Waals surface area contributed by atoms with Crippen LogP contribution in [0.2, 0.25) is 8.87 Å². The second-order valence-corrected chi connectivity index (χ2v) is 15.3. The molecule has 0 aliphatic carbocycles. The van der Waals surface area contributed by atoms with Crippen molar-refractivity contribution in [2.24, 2.45) is 5.92 Å². The summed E-state index contributed by atoms with van der Waals surface area (Å²) in [5.74, 6) is 0.386. The van der Waals surface area contributed by atoms with Crippen LogP contribution in [0.5, 0.6) is 0 Å². The zero-order valence-electron chi connectivity index (χ0n) is 21.5. The number of hydrogen-bond donors (Lipinski definition) is 2. The van der Waals surface area contributed by atoms with Crippen molar-refractivity contribution in [1.29, 1.82) is 0 Å². The fourth-order valence-corrected chi connectivity index (χ4v) is 7.52. The molecule has 186 valence electrons. The fourth-order valence-electron chi connectivity index (χ4n) is 3.37. The second kappa shape index (κ2) is 25.6. The summed E-state index contributed by atoms with van der Waals surface area (Å²) in [5, 5.41) is 0. The van der Waals surface area contributed by atoms with Gasteiger partial charge in [0, 0.05) is 13.3 Å². The van der Waals surface area contributed by atoms with Gasteiger partial charge in [0.15, 0.2) is 4.27 Å². The molecule has 0 aromatic rings. The molecule has 0 aromatic heterocycles. The summed E-state index contributed by atoms with van der Waals surface area (Å²) < 4.78 is 7.35. The van der Waals surface area contributed by atoms with Crippen molar-refractivity contribution in [2.75, 3.05) is 0 Å². The number of unbranched alkanes of at least 4 members (excludes halogenated alkanes) is 11. The molecule has 0 fully saturated rings. The predicted octanol–water partition coefficient (Wildman–Crippen LogP) is 9.53. The van der Waals surface area contributed by atoms with E-state index in [0.29, 0.717) is 6.42 Å². The van der Waals surface area contributed by atoms with Gasteiger partial charge in [-0.3, -0.25) is 4.79 Å². The van der Waals surface area contributed by atoms with E-state index in [1.165, 1.54) is 77.6 Å². The standard InChI is InChI=1S/C10H20O2S2.2C8H17.Sn/c1-8(2)6-4-5-7-10(13,14)12-9(3)11;2*1-3-5-7-8-6-4-2;/h8,13-14H,4-7H2,1-3H3;2*1,3-8H2,2H3;. The average molecular weight is 582 g/mol. The van der Waals surface area contributed by atoms with Gasteiger partial charge in [0.05, 0.1) is 0 Å². The Labute approximate surface area is 217 Å². The number of rotatable bonds is 20. The Hall–Kier alpha value is 0.969. The van der Waals surface area contributed by atoms with Gasteiger partial charge in [0.1, 0.15) is 0 Å². The van der Waals surface area contributed by atoms with Gasteiger partial charge < -0.3 is 4.74 Å². The molecule has 2 radical (unpaired) electrons. The molecule has 0 spiro atoms. The Morgan fingerprint density at radius 2 is 1.23 bits per heavy atom. The first-order chi connectivity index (χ1) is 14.7. The molecule has 2 nitrogen and oxygen atoms in total. The third-order valence-electron chi connectivity index (χ3n) is 5.26. The predicted molar refractivity (Wildman–Crippen MR) is 148 cm³/mol. The molecule has 0 rings (SSSR count). The topological polar surface area (TPSA) is 26.3 Å². The minimum absolute atomic E-state index is 0.0736. The van der Waals surface area contributed by atoms with Gasteiger partial charge in [-0.1, -0.05) is 26.7 Å². The van der Waals surface area contributed by atoms with Crippen LogP contribution in [-0.4, -0.2) is 31.4 Å². The Morgan fingerprint density at radius 3 is 1.65 bits per heavy atom. The Bertz CT molecular complexity index is 362. The van der Waals surface area contributed by atoms with E-state index in [1.54, 1.807) is 21.7 Å². The zero-order valence-corrected chi connectivity index (χ0v) is 26.2. The van der Waals surface area contributed by atoms with Crippen LogP contribution in [0.3, 0.4) is 0 Å². The molecule has 0 amide bonds. The van der Waals surface area contributed by atoms with Crippen LogP contribution >= 0.6 is 25.3 Å². The molecule has 0 unspecified atom stereocenters. The molecule has 5 heteroatoms. The van der Waals surface area contributed by atoms with E-state index in [9.17, 15) is 4.79 Å². The SMILES string of the molecule is CC(=O)OC(S)(S)CCCCC(C)C.CCCCCCC[CH2][Sn][CH2]CCCCCCC. The summed E-state index contributed by atoms with van der Waals surface area (Å²) in [6, 6.07) is 0. The molecule has 0 atom stereocenters. The van der Waals surface area contributed by atoms with E-state index in [2.05, 4.69) is 53.0 Å². The normalized spacial score (nSPS) is 11.4. The summed E-state index contributed by atoms with van der Waals surface area (Å²) in [7, 11) is 0. The molecular formula is C26H54O2S2Sn. The van der Waals surface area contributed by atoms with Crippen LogP contribution < -0.4 is 0 Å². The summed E-state index contributed by atoms with van der Waals surface area (Å²) in [6.45, 7) is 10.4. The van der Waals surface area contributed by atoms with Crippen LogP contribution in [0.1, 0.15) is 137 Å². The van der Waals surface area contributed by atoms with Gasteiger partial charge in [0.25, 0.3) is 0 Å². The monoisotopic (exact) mass is 582 g/mol. The van der Waals surface area contributed by atoms with Crippen molar-refractivity contribution in [3.63, 3.8) is 0 Å². The molecule has 0 saturated heterocycles. The van der Waals surface area contributed by atoms with Crippen LogP contribution in [0.4, 0.5) is 0 Å². The van der Waals surface area contributed by atoms with Gasteiger partial charge in [-0.25, -0.2) is 0 Å². The van der Waals surface area contributed by atoms with Crippen molar-refractivity contribution in [3.05, 3.63) is 0 Å². The molecule has 0 bridgehead atoms. The molecule has 0 saturated carbocycles. The maximum atomic E-state index is 10.7. The van der Waals surface area contributed by atoms with Crippen molar-refractivity contribution in [3.8, 4) is 0 Å².